The molecule has 0 aromatic heterocycles. The van der Waals surface area contributed by atoms with Crippen molar-refractivity contribution in [1.82, 2.24) is 0 Å². The minimum atomic E-state index is 0.544. The maximum absolute atomic E-state index is 6.00. The van der Waals surface area contributed by atoms with Gasteiger partial charge in [-0.15, -0.1) is 0 Å². The third-order valence-electron chi connectivity index (χ3n) is 2.78. The molecule has 0 saturated carbocycles. The van der Waals surface area contributed by atoms with Crippen molar-refractivity contribution < 1.29 is 10.5 Å². The Kier molecular flexibility index (Phi) is 14.8. The fourth-order valence-electron chi connectivity index (χ4n) is 1.79. The van der Waals surface area contributed by atoms with Crippen LogP contribution in [-0.4, -0.2) is 10.5 Å². The molecular formula is C14H32O2. The van der Waals surface area contributed by atoms with Gasteiger partial charge in [0.1, 0.15) is 0 Å². The van der Waals surface area contributed by atoms with Crippen LogP contribution in [0.15, 0.2) is 0 Å². The van der Waals surface area contributed by atoms with Gasteiger partial charge in [-0.05, 0) is 11.8 Å². The van der Waals surface area contributed by atoms with E-state index in [1.165, 1.54) is 57.8 Å². The number of hydrogen-bond donors (Lipinski definition) is 2. The molecule has 0 unspecified atom stereocenters. The first-order valence-corrected chi connectivity index (χ1v) is 6.76. The first kappa shape index (κ1) is 18.3. The number of hydrogen-bond acceptors (Lipinski definition) is 2. The van der Waals surface area contributed by atoms with E-state index in [2.05, 4.69) is 27.7 Å². The molecule has 0 aliphatic carbocycles. The summed E-state index contributed by atoms with van der Waals surface area (Å²) in [7, 11) is 0. The summed E-state index contributed by atoms with van der Waals surface area (Å²) >= 11 is 0. The molecule has 2 N–H and O–H groups in total. The number of unbranched alkanes of at least 4 members (excludes halogenated alkanes) is 7. The van der Waals surface area contributed by atoms with E-state index < -0.39 is 0 Å². The molecule has 0 aliphatic heterocycles. The maximum atomic E-state index is 6.00. The van der Waals surface area contributed by atoms with Crippen LogP contribution in [-0.2, 0) is 0 Å². The fraction of sp³-hybridized carbons (Fsp3) is 1.00. The van der Waals surface area contributed by atoms with Crippen LogP contribution in [0.3, 0.4) is 0 Å². The highest BCUT2D eigenvalue weighted by molar-refractivity contribution is 4.60. The molecule has 0 fully saturated rings. The van der Waals surface area contributed by atoms with Crippen molar-refractivity contribution in [2.24, 2.45) is 5.41 Å². The second kappa shape index (κ2) is 13.0. The van der Waals surface area contributed by atoms with Crippen molar-refractivity contribution >= 4 is 0 Å². The summed E-state index contributed by atoms with van der Waals surface area (Å²) in [5, 5.41) is 12.0. The summed E-state index contributed by atoms with van der Waals surface area (Å²) < 4.78 is 0. The topological polar surface area (TPSA) is 40.5 Å². The molecule has 0 heterocycles. The van der Waals surface area contributed by atoms with Crippen LogP contribution in [0.2, 0.25) is 0 Å². The van der Waals surface area contributed by atoms with E-state index in [0.717, 1.165) is 0 Å². The lowest BCUT2D eigenvalue weighted by molar-refractivity contribution is -0.176. The van der Waals surface area contributed by atoms with Gasteiger partial charge in [0.05, 0.1) is 0 Å². The van der Waals surface area contributed by atoms with Crippen molar-refractivity contribution in [3.63, 3.8) is 0 Å². The van der Waals surface area contributed by atoms with Gasteiger partial charge in [0.2, 0.25) is 0 Å². The predicted octanol–water partition coefficient (Wildman–Crippen LogP) is 5.58. The molecule has 2 heteroatoms. The molecular weight excluding hydrogens is 200 g/mol. The molecule has 2 nitrogen and oxygen atoms in total. The highest BCUT2D eigenvalue weighted by Crippen LogP contribution is 2.22. The van der Waals surface area contributed by atoms with Gasteiger partial charge in [0.15, 0.2) is 0 Å². The van der Waals surface area contributed by atoms with E-state index in [4.69, 9.17) is 10.5 Å². The second-order valence-corrected chi connectivity index (χ2v) is 5.79. The first-order chi connectivity index (χ1) is 7.56. The quantitative estimate of drug-likeness (QED) is 0.326. The van der Waals surface area contributed by atoms with Crippen molar-refractivity contribution in [2.45, 2.75) is 85.5 Å². The summed E-state index contributed by atoms with van der Waals surface area (Å²) in [6.45, 7) is 9.31. The van der Waals surface area contributed by atoms with E-state index in [9.17, 15) is 0 Å². The lowest BCUT2D eigenvalue weighted by Gasteiger charge is -2.17. The minimum absolute atomic E-state index is 0.544. The SMILES string of the molecule is CCCCCCCCCCC(C)(C)C.OO. The molecule has 16 heavy (non-hydrogen) atoms. The van der Waals surface area contributed by atoms with Gasteiger partial charge in [0.25, 0.3) is 0 Å². The third-order valence-corrected chi connectivity index (χ3v) is 2.78. The Hall–Kier alpha value is -0.0800. The molecule has 0 atom stereocenters. The monoisotopic (exact) mass is 232 g/mol. The summed E-state index contributed by atoms with van der Waals surface area (Å²) in [4.78, 5) is 0. The normalized spacial score (nSPS) is 10.9. The van der Waals surface area contributed by atoms with Crippen LogP contribution in [0.5, 0.6) is 0 Å². The summed E-state index contributed by atoms with van der Waals surface area (Å²) in [6, 6.07) is 0. The first-order valence-electron chi connectivity index (χ1n) is 6.76. The van der Waals surface area contributed by atoms with Crippen LogP contribution >= 0.6 is 0 Å². The molecule has 0 aromatic carbocycles. The second-order valence-electron chi connectivity index (χ2n) is 5.79. The van der Waals surface area contributed by atoms with Gasteiger partial charge in [-0.25, -0.2) is 0 Å². The summed E-state index contributed by atoms with van der Waals surface area (Å²) in [5.41, 5.74) is 0.544. The van der Waals surface area contributed by atoms with Crippen molar-refractivity contribution in [3.05, 3.63) is 0 Å². The van der Waals surface area contributed by atoms with Gasteiger partial charge in [-0.3, -0.25) is 10.5 Å². The van der Waals surface area contributed by atoms with E-state index in [1.807, 2.05) is 0 Å². The smallest absolute Gasteiger partial charge is 0.0383 e. The zero-order chi connectivity index (χ0) is 12.9. The largest absolute Gasteiger partial charge is 0.255 e. The molecule has 0 spiro atoms. The summed E-state index contributed by atoms with van der Waals surface area (Å²) in [5.74, 6) is 0. The zero-order valence-corrected chi connectivity index (χ0v) is 11.8. The molecule has 0 amide bonds. The molecule has 100 valence electrons. The summed E-state index contributed by atoms with van der Waals surface area (Å²) in [6.07, 6.45) is 12.9. The average Bonchev–Trinajstić information content (AvgIpc) is 2.23. The Labute approximate surface area is 102 Å². The zero-order valence-electron chi connectivity index (χ0n) is 11.8. The molecule has 0 radical (unpaired) electrons. The van der Waals surface area contributed by atoms with E-state index in [1.54, 1.807) is 0 Å². The molecule has 0 rings (SSSR count). The van der Waals surface area contributed by atoms with Gasteiger partial charge in [0, 0.05) is 0 Å². The van der Waals surface area contributed by atoms with Crippen LogP contribution in [0, 0.1) is 5.41 Å². The third kappa shape index (κ3) is 19.5. The van der Waals surface area contributed by atoms with Gasteiger partial charge >= 0.3 is 0 Å². The van der Waals surface area contributed by atoms with Crippen LogP contribution < -0.4 is 0 Å². The van der Waals surface area contributed by atoms with Crippen LogP contribution in [0.4, 0.5) is 0 Å². The number of rotatable bonds is 8. The van der Waals surface area contributed by atoms with Gasteiger partial charge < -0.3 is 0 Å². The maximum Gasteiger partial charge on any atom is -0.0383 e. The standard InChI is InChI=1S/C14H30.H2O2/c1-5-6-7-8-9-10-11-12-13-14(2,3)4;1-2/h5-13H2,1-4H3;1-2H. The Morgan fingerprint density at radius 1 is 0.688 bits per heavy atom. The van der Waals surface area contributed by atoms with Crippen molar-refractivity contribution in [1.29, 1.82) is 0 Å². The Morgan fingerprint density at radius 3 is 1.44 bits per heavy atom. The van der Waals surface area contributed by atoms with Crippen molar-refractivity contribution in [3.8, 4) is 0 Å². The Morgan fingerprint density at radius 2 is 1.06 bits per heavy atom. The Balaban J connectivity index is 0. The molecule has 0 aromatic rings. The van der Waals surface area contributed by atoms with Crippen molar-refractivity contribution in [2.75, 3.05) is 0 Å². The fourth-order valence-corrected chi connectivity index (χ4v) is 1.79. The average molecular weight is 232 g/mol. The lowest BCUT2D eigenvalue weighted by atomic mass is 9.89. The van der Waals surface area contributed by atoms with E-state index in [-0.39, 0.29) is 0 Å². The van der Waals surface area contributed by atoms with E-state index in [0.29, 0.717) is 5.41 Å². The van der Waals surface area contributed by atoms with E-state index >= 15 is 0 Å². The molecule has 0 saturated heterocycles. The highest BCUT2D eigenvalue weighted by atomic mass is 17.0. The lowest BCUT2D eigenvalue weighted by Crippen LogP contribution is -2.03. The van der Waals surface area contributed by atoms with Gasteiger partial charge in [-0.1, -0.05) is 79.1 Å². The Bertz CT molecular complexity index is 116. The molecule has 0 aliphatic rings. The highest BCUT2D eigenvalue weighted by Gasteiger charge is 2.08. The molecule has 0 bridgehead atoms. The minimum Gasteiger partial charge on any atom is -0.255 e. The van der Waals surface area contributed by atoms with Crippen LogP contribution in [0.1, 0.15) is 85.5 Å². The van der Waals surface area contributed by atoms with Crippen LogP contribution in [0.25, 0.3) is 0 Å². The van der Waals surface area contributed by atoms with Gasteiger partial charge in [-0.2, -0.15) is 0 Å². The predicted molar refractivity (Wildman–Crippen MR) is 71.9 cm³/mol.